The van der Waals surface area contributed by atoms with Crippen molar-refractivity contribution in [2.45, 2.75) is 19.9 Å². The van der Waals surface area contributed by atoms with Crippen molar-refractivity contribution in [3.05, 3.63) is 64.7 Å². The first-order valence-corrected chi connectivity index (χ1v) is 9.33. The largest absolute Gasteiger partial charge is 0.496 e. The lowest BCUT2D eigenvalue weighted by Crippen LogP contribution is -2.37. The van der Waals surface area contributed by atoms with Crippen LogP contribution in [0.25, 0.3) is 0 Å². The van der Waals surface area contributed by atoms with E-state index in [4.69, 9.17) is 4.74 Å². The molecule has 0 radical (unpaired) electrons. The van der Waals surface area contributed by atoms with Gasteiger partial charge in [0.2, 0.25) is 0 Å². The lowest BCUT2D eigenvalue weighted by atomic mass is 10.1. The van der Waals surface area contributed by atoms with E-state index < -0.39 is 0 Å². The van der Waals surface area contributed by atoms with E-state index in [9.17, 15) is 4.79 Å². The van der Waals surface area contributed by atoms with Crippen LogP contribution >= 0.6 is 24.0 Å². The second kappa shape index (κ2) is 12.3. The molecule has 2 aromatic carbocycles. The highest BCUT2D eigenvalue weighted by Crippen LogP contribution is 2.19. The number of nitrogens with zero attached hydrogens (tertiary/aromatic N) is 2. The molecule has 0 aromatic heterocycles. The van der Waals surface area contributed by atoms with Crippen LogP contribution in [0.1, 0.15) is 27.0 Å². The van der Waals surface area contributed by atoms with E-state index in [-0.39, 0.29) is 29.9 Å². The van der Waals surface area contributed by atoms with Crippen LogP contribution < -0.4 is 15.4 Å². The van der Waals surface area contributed by atoms with Crippen LogP contribution in [-0.4, -0.2) is 51.6 Å². The molecule has 0 aliphatic rings. The van der Waals surface area contributed by atoms with Gasteiger partial charge in [-0.1, -0.05) is 24.3 Å². The number of methoxy groups -OCH3 is 1. The van der Waals surface area contributed by atoms with Gasteiger partial charge in [0.25, 0.3) is 5.91 Å². The molecule has 0 fully saturated rings. The van der Waals surface area contributed by atoms with Gasteiger partial charge in [0.1, 0.15) is 5.75 Å². The highest BCUT2D eigenvalue weighted by Gasteiger charge is 2.07. The van der Waals surface area contributed by atoms with E-state index in [1.165, 1.54) is 5.56 Å². The molecule has 0 bridgehead atoms. The standard InChI is InChI=1S/C22H30N4O2.HI/c1-16-6-7-17(14-20(16)28-5)12-13-24-22(23-2)25-15-18-8-10-19(11-9-18)21(27)26(3)4;/h6-11,14H,12-13,15H2,1-5H3,(H2,23,24,25);1H. The fourth-order valence-electron chi connectivity index (χ4n) is 2.77. The summed E-state index contributed by atoms with van der Waals surface area (Å²) in [5, 5.41) is 6.62. The zero-order chi connectivity index (χ0) is 20.5. The van der Waals surface area contributed by atoms with Crippen LogP contribution in [0, 0.1) is 6.92 Å². The molecular formula is C22H31IN4O2. The molecule has 2 rings (SSSR count). The molecule has 0 spiro atoms. The summed E-state index contributed by atoms with van der Waals surface area (Å²) < 4.78 is 5.38. The van der Waals surface area contributed by atoms with Gasteiger partial charge in [0, 0.05) is 39.8 Å². The number of amides is 1. The van der Waals surface area contributed by atoms with Crippen LogP contribution in [0.15, 0.2) is 47.5 Å². The molecule has 6 nitrogen and oxygen atoms in total. The van der Waals surface area contributed by atoms with Crippen molar-refractivity contribution in [2.24, 2.45) is 4.99 Å². The highest BCUT2D eigenvalue weighted by molar-refractivity contribution is 14.0. The Balaban J connectivity index is 0.00000420. The van der Waals surface area contributed by atoms with Crippen LogP contribution in [0.2, 0.25) is 0 Å². The maximum atomic E-state index is 11.9. The van der Waals surface area contributed by atoms with Crippen molar-refractivity contribution in [3.63, 3.8) is 0 Å². The Kier molecular flexibility index (Phi) is 10.5. The number of carbonyl (C=O) groups excluding carboxylic acids is 1. The van der Waals surface area contributed by atoms with E-state index >= 15 is 0 Å². The van der Waals surface area contributed by atoms with Crippen molar-refractivity contribution < 1.29 is 9.53 Å². The van der Waals surface area contributed by atoms with E-state index in [0.717, 1.165) is 35.8 Å². The molecule has 0 saturated carbocycles. The molecule has 0 aliphatic carbocycles. The number of ether oxygens (including phenoxy) is 1. The second-order valence-corrected chi connectivity index (χ2v) is 6.80. The minimum Gasteiger partial charge on any atom is -0.496 e. The first kappa shape index (κ1) is 24.7. The zero-order valence-corrected chi connectivity index (χ0v) is 20.1. The molecule has 2 aromatic rings. The summed E-state index contributed by atoms with van der Waals surface area (Å²) in [7, 11) is 6.95. The third kappa shape index (κ3) is 7.56. The van der Waals surface area contributed by atoms with Gasteiger partial charge >= 0.3 is 0 Å². The molecule has 0 saturated heterocycles. The van der Waals surface area contributed by atoms with Gasteiger partial charge in [-0.05, 0) is 48.2 Å². The number of hydrogen-bond donors (Lipinski definition) is 2. The Morgan fingerprint density at radius 2 is 1.72 bits per heavy atom. The fraction of sp³-hybridized carbons (Fsp3) is 0.364. The van der Waals surface area contributed by atoms with Gasteiger partial charge < -0.3 is 20.3 Å². The number of nitrogens with one attached hydrogen (secondary N) is 2. The second-order valence-electron chi connectivity index (χ2n) is 6.80. The first-order valence-electron chi connectivity index (χ1n) is 9.33. The smallest absolute Gasteiger partial charge is 0.253 e. The van der Waals surface area contributed by atoms with Gasteiger partial charge in [-0.25, -0.2) is 0 Å². The number of hydrogen-bond acceptors (Lipinski definition) is 3. The maximum absolute atomic E-state index is 11.9. The number of rotatable bonds is 7. The van der Waals surface area contributed by atoms with Crippen LogP contribution in [-0.2, 0) is 13.0 Å². The molecular weight excluding hydrogens is 479 g/mol. The number of aryl methyl sites for hydroxylation is 1. The fourth-order valence-corrected chi connectivity index (χ4v) is 2.77. The third-order valence-corrected chi connectivity index (χ3v) is 4.47. The minimum atomic E-state index is 0. The van der Waals surface area contributed by atoms with Crippen LogP contribution in [0.5, 0.6) is 5.75 Å². The number of halogens is 1. The van der Waals surface area contributed by atoms with Gasteiger partial charge in [0.15, 0.2) is 5.96 Å². The predicted octanol–water partition coefficient (Wildman–Crippen LogP) is 3.23. The average Bonchev–Trinajstić information content (AvgIpc) is 2.71. The van der Waals surface area contributed by atoms with Crippen LogP contribution in [0.4, 0.5) is 0 Å². The Bertz CT molecular complexity index is 820. The van der Waals surface area contributed by atoms with Crippen molar-refractivity contribution >= 4 is 35.8 Å². The zero-order valence-electron chi connectivity index (χ0n) is 17.8. The van der Waals surface area contributed by atoms with Crippen LogP contribution in [0.3, 0.4) is 0 Å². The number of carbonyl (C=O) groups is 1. The Morgan fingerprint density at radius 3 is 2.31 bits per heavy atom. The minimum absolute atomic E-state index is 0. The van der Waals surface area contributed by atoms with Crippen molar-refractivity contribution in [3.8, 4) is 5.75 Å². The quantitative estimate of drug-likeness (QED) is 0.341. The third-order valence-electron chi connectivity index (χ3n) is 4.47. The van der Waals surface area contributed by atoms with Gasteiger partial charge in [0.05, 0.1) is 7.11 Å². The first-order chi connectivity index (χ1) is 13.4. The average molecular weight is 510 g/mol. The summed E-state index contributed by atoms with van der Waals surface area (Å²) in [6.45, 7) is 3.44. The summed E-state index contributed by atoms with van der Waals surface area (Å²) in [5.41, 5.74) is 4.12. The number of aliphatic imine (C=N–C) groups is 1. The van der Waals surface area contributed by atoms with Crippen molar-refractivity contribution in [1.82, 2.24) is 15.5 Å². The SMILES string of the molecule is CN=C(NCCc1ccc(C)c(OC)c1)NCc1ccc(C(=O)N(C)C)cc1.I. The van der Waals surface area contributed by atoms with E-state index in [1.54, 1.807) is 33.2 Å². The summed E-state index contributed by atoms with van der Waals surface area (Å²) in [5.74, 6) is 1.66. The topological polar surface area (TPSA) is 66.0 Å². The summed E-state index contributed by atoms with van der Waals surface area (Å²) in [6.07, 6.45) is 0.874. The highest BCUT2D eigenvalue weighted by atomic mass is 127. The van der Waals surface area contributed by atoms with Gasteiger partial charge in [-0.2, -0.15) is 0 Å². The maximum Gasteiger partial charge on any atom is 0.253 e. The Labute approximate surface area is 190 Å². The van der Waals surface area contributed by atoms with Gasteiger partial charge in [-0.15, -0.1) is 24.0 Å². The Hall–Kier alpha value is -2.29. The predicted molar refractivity (Wildman–Crippen MR) is 130 cm³/mol. The molecule has 29 heavy (non-hydrogen) atoms. The molecule has 2 N–H and O–H groups in total. The van der Waals surface area contributed by atoms with E-state index in [1.807, 2.05) is 31.2 Å². The summed E-state index contributed by atoms with van der Waals surface area (Å²) >= 11 is 0. The normalized spacial score (nSPS) is 10.7. The van der Waals surface area contributed by atoms with E-state index in [0.29, 0.717) is 12.1 Å². The number of guanidine groups is 1. The lowest BCUT2D eigenvalue weighted by Gasteiger charge is -2.13. The molecule has 158 valence electrons. The van der Waals surface area contributed by atoms with Crippen molar-refractivity contribution in [2.75, 3.05) is 34.8 Å². The molecule has 7 heteroatoms. The molecule has 0 atom stereocenters. The van der Waals surface area contributed by atoms with E-state index in [2.05, 4.69) is 33.8 Å². The summed E-state index contributed by atoms with van der Waals surface area (Å²) in [6, 6.07) is 13.9. The van der Waals surface area contributed by atoms with Crippen molar-refractivity contribution in [1.29, 1.82) is 0 Å². The number of benzene rings is 2. The molecule has 0 heterocycles. The molecule has 1 amide bonds. The molecule has 0 aliphatic heterocycles. The monoisotopic (exact) mass is 510 g/mol. The lowest BCUT2D eigenvalue weighted by molar-refractivity contribution is 0.0827. The summed E-state index contributed by atoms with van der Waals surface area (Å²) in [4.78, 5) is 17.8. The Morgan fingerprint density at radius 1 is 1.07 bits per heavy atom. The van der Waals surface area contributed by atoms with Gasteiger partial charge in [-0.3, -0.25) is 9.79 Å². The molecule has 0 unspecified atom stereocenters.